The van der Waals surface area contributed by atoms with Gasteiger partial charge in [-0.2, -0.15) is 0 Å². The van der Waals surface area contributed by atoms with Gasteiger partial charge in [0.25, 0.3) is 0 Å². The molecule has 0 unspecified atom stereocenters. The minimum atomic E-state index is -0.617. The number of esters is 1. The quantitative estimate of drug-likeness (QED) is 0.235. The number of hydrogen-bond acceptors (Lipinski definition) is 4. The highest BCUT2D eigenvalue weighted by atomic mass is 35.5. The highest BCUT2D eigenvalue weighted by molar-refractivity contribution is 6.33. The summed E-state index contributed by atoms with van der Waals surface area (Å²) in [6.45, 7) is 0. The van der Waals surface area contributed by atoms with E-state index in [2.05, 4.69) is 0 Å². The lowest BCUT2D eigenvalue weighted by molar-refractivity contribution is -0.128. The van der Waals surface area contributed by atoms with Gasteiger partial charge in [-0.05, 0) is 42.0 Å². The third-order valence-electron chi connectivity index (χ3n) is 4.41. The van der Waals surface area contributed by atoms with Crippen LogP contribution in [-0.2, 0) is 4.79 Å². The highest BCUT2D eigenvalue weighted by Crippen LogP contribution is 2.28. The largest absolute Gasteiger partial charge is 0.463 e. The molecule has 0 saturated carbocycles. The van der Waals surface area contributed by atoms with Crippen molar-refractivity contribution in [2.45, 2.75) is 0 Å². The molecular weight excluding hydrogens is 407 g/mol. The van der Waals surface area contributed by atoms with E-state index in [4.69, 9.17) is 20.8 Å². The van der Waals surface area contributed by atoms with Crippen molar-refractivity contribution in [1.82, 2.24) is 0 Å². The molecule has 0 aliphatic carbocycles. The molecule has 1 heterocycles. The Kier molecular flexibility index (Phi) is 5.46. The number of ether oxygens (including phenoxy) is 1. The van der Waals surface area contributed by atoms with Gasteiger partial charge in [-0.3, -0.25) is 4.79 Å². The van der Waals surface area contributed by atoms with E-state index in [0.717, 1.165) is 0 Å². The molecule has 0 spiro atoms. The zero-order chi connectivity index (χ0) is 21.1. The summed E-state index contributed by atoms with van der Waals surface area (Å²) in [5.74, 6) is -0.747. The van der Waals surface area contributed by atoms with Crippen LogP contribution in [0.3, 0.4) is 0 Å². The molecule has 6 heteroatoms. The second kappa shape index (κ2) is 8.35. The van der Waals surface area contributed by atoms with Crippen LogP contribution < -0.4 is 10.2 Å². The molecule has 4 nitrogen and oxygen atoms in total. The first-order chi connectivity index (χ1) is 14.5. The minimum absolute atomic E-state index is 0.227. The average Bonchev–Trinajstić information content (AvgIpc) is 2.74. The summed E-state index contributed by atoms with van der Waals surface area (Å²) in [5.41, 5.74) is 1.63. The molecule has 0 radical (unpaired) electrons. The van der Waals surface area contributed by atoms with Crippen molar-refractivity contribution in [1.29, 1.82) is 0 Å². The third-order valence-corrected chi connectivity index (χ3v) is 4.74. The van der Waals surface area contributed by atoms with E-state index in [0.29, 0.717) is 27.1 Å². The van der Waals surface area contributed by atoms with Crippen molar-refractivity contribution in [3.05, 3.63) is 106 Å². The van der Waals surface area contributed by atoms with Gasteiger partial charge in [0.1, 0.15) is 23.4 Å². The Morgan fingerprint density at radius 1 is 1.00 bits per heavy atom. The van der Waals surface area contributed by atoms with Crippen molar-refractivity contribution in [2.75, 3.05) is 0 Å². The van der Waals surface area contributed by atoms with E-state index >= 15 is 0 Å². The zero-order valence-corrected chi connectivity index (χ0v) is 16.2. The second-order valence-electron chi connectivity index (χ2n) is 6.42. The van der Waals surface area contributed by atoms with E-state index in [1.54, 1.807) is 36.4 Å². The molecule has 0 saturated heterocycles. The van der Waals surface area contributed by atoms with Crippen LogP contribution in [0.5, 0.6) is 5.75 Å². The number of benzene rings is 3. The number of fused-ring (bicyclic) bond motifs is 1. The lowest BCUT2D eigenvalue weighted by atomic mass is 10.1. The third kappa shape index (κ3) is 4.16. The molecule has 30 heavy (non-hydrogen) atoms. The smallest absolute Gasteiger partial charge is 0.336 e. The number of carbonyl (C=O) groups excluding carboxylic acids is 1. The lowest BCUT2D eigenvalue weighted by Gasteiger charge is -2.06. The average molecular weight is 421 g/mol. The molecule has 4 rings (SSSR count). The molecule has 148 valence electrons. The van der Waals surface area contributed by atoms with Crippen LogP contribution >= 0.6 is 11.6 Å². The topological polar surface area (TPSA) is 56.5 Å². The molecule has 0 aliphatic rings. The molecule has 0 amide bonds. The summed E-state index contributed by atoms with van der Waals surface area (Å²) in [5, 5.41) is 0.789. The van der Waals surface area contributed by atoms with Gasteiger partial charge in [-0.15, -0.1) is 0 Å². The van der Waals surface area contributed by atoms with Crippen molar-refractivity contribution in [3.8, 4) is 16.9 Å². The van der Waals surface area contributed by atoms with Gasteiger partial charge in [-0.1, -0.05) is 41.9 Å². The molecule has 0 bridgehead atoms. The Hall–Kier alpha value is -3.70. The Morgan fingerprint density at radius 2 is 1.77 bits per heavy atom. The van der Waals surface area contributed by atoms with Crippen molar-refractivity contribution in [2.24, 2.45) is 0 Å². The summed E-state index contributed by atoms with van der Waals surface area (Å²) in [6.07, 6.45) is 4.08. The van der Waals surface area contributed by atoms with Crippen LogP contribution in [-0.4, -0.2) is 5.97 Å². The molecular formula is C24H14ClFO4. The second-order valence-corrected chi connectivity index (χ2v) is 6.83. The van der Waals surface area contributed by atoms with Crippen LogP contribution in [0.1, 0.15) is 5.56 Å². The molecule has 1 aromatic heterocycles. The summed E-state index contributed by atoms with van der Waals surface area (Å²) >= 11 is 6.18. The van der Waals surface area contributed by atoms with Gasteiger partial charge in [0.05, 0.1) is 10.9 Å². The fourth-order valence-corrected chi connectivity index (χ4v) is 3.16. The Morgan fingerprint density at radius 3 is 2.53 bits per heavy atom. The molecule has 4 aromatic rings. The molecule has 0 N–H and O–H groups in total. The number of rotatable bonds is 4. The number of carbonyl (C=O) groups is 1. The molecule has 3 aromatic carbocycles. The summed E-state index contributed by atoms with van der Waals surface area (Å²) < 4.78 is 23.8. The van der Waals surface area contributed by atoms with Gasteiger partial charge < -0.3 is 9.15 Å². The molecule has 0 aliphatic heterocycles. The maximum atomic E-state index is 12.9. The summed E-state index contributed by atoms with van der Waals surface area (Å²) in [7, 11) is 0. The van der Waals surface area contributed by atoms with Gasteiger partial charge in [-0.25, -0.2) is 9.18 Å². The van der Waals surface area contributed by atoms with Gasteiger partial charge in [0.2, 0.25) is 5.43 Å². The fourth-order valence-electron chi connectivity index (χ4n) is 2.93. The standard InChI is InChI=1S/C24H14ClFO4/c25-21-4-2-1-3-18(21)20-14-29-22-13-17(10-11-19(22)24(20)28)30-23(27)12-7-15-5-8-16(26)9-6-15/h1-14H. The van der Waals surface area contributed by atoms with E-state index in [9.17, 15) is 14.0 Å². The minimum Gasteiger partial charge on any atom is -0.463 e. The molecule has 0 fully saturated rings. The predicted molar refractivity (Wildman–Crippen MR) is 114 cm³/mol. The van der Waals surface area contributed by atoms with Crippen molar-refractivity contribution in [3.63, 3.8) is 0 Å². The first kappa shape index (κ1) is 19.6. The van der Waals surface area contributed by atoms with Gasteiger partial charge in [0, 0.05) is 22.7 Å². The monoisotopic (exact) mass is 420 g/mol. The number of halogens is 2. The van der Waals surface area contributed by atoms with E-state index in [1.165, 1.54) is 48.7 Å². The van der Waals surface area contributed by atoms with Crippen LogP contribution in [0, 0.1) is 5.82 Å². The fraction of sp³-hybridized carbons (Fsp3) is 0. The first-order valence-electron chi connectivity index (χ1n) is 8.97. The van der Waals surface area contributed by atoms with Gasteiger partial charge in [0.15, 0.2) is 0 Å². The Balaban J connectivity index is 1.57. The van der Waals surface area contributed by atoms with Crippen molar-refractivity contribution < 1.29 is 18.3 Å². The van der Waals surface area contributed by atoms with E-state index in [1.807, 2.05) is 0 Å². The predicted octanol–water partition coefficient (Wildman–Crippen LogP) is 5.87. The lowest BCUT2D eigenvalue weighted by Crippen LogP contribution is -2.06. The van der Waals surface area contributed by atoms with Crippen LogP contribution in [0.25, 0.3) is 28.2 Å². The van der Waals surface area contributed by atoms with Gasteiger partial charge >= 0.3 is 5.97 Å². The maximum Gasteiger partial charge on any atom is 0.336 e. The summed E-state index contributed by atoms with van der Waals surface area (Å²) in [6, 6.07) is 17.2. The zero-order valence-electron chi connectivity index (χ0n) is 15.5. The maximum absolute atomic E-state index is 12.9. The Bertz CT molecular complexity index is 1320. The van der Waals surface area contributed by atoms with E-state index < -0.39 is 5.97 Å². The Labute approximate surface area is 175 Å². The van der Waals surface area contributed by atoms with Crippen molar-refractivity contribution >= 4 is 34.6 Å². The molecule has 0 atom stereocenters. The SMILES string of the molecule is O=C(C=Cc1ccc(F)cc1)Oc1ccc2c(=O)c(-c3ccccc3Cl)coc2c1. The van der Waals surface area contributed by atoms with E-state index in [-0.39, 0.29) is 22.6 Å². The highest BCUT2D eigenvalue weighted by Gasteiger charge is 2.13. The normalized spacial score (nSPS) is 11.1. The van der Waals surface area contributed by atoms with Crippen LogP contribution in [0.2, 0.25) is 5.02 Å². The number of hydrogen-bond donors (Lipinski definition) is 0. The summed E-state index contributed by atoms with van der Waals surface area (Å²) in [4.78, 5) is 24.9. The van der Waals surface area contributed by atoms with Crippen LogP contribution in [0.15, 0.2) is 88.3 Å². The van der Waals surface area contributed by atoms with Crippen LogP contribution in [0.4, 0.5) is 4.39 Å². The first-order valence-corrected chi connectivity index (χ1v) is 9.35.